The fraction of sp³-hybridized carbons (Fsp3) is 0.909. The fourth-order valence-corrected chi connectivity index (χ4v) is 2.37. The van der Waals surface area contributed by atoms with Gasteiger partial charge in [0.25, 0.3) is 0 Å². The highest BCUT2D eigenvalue weighted by atomic mass is 35.5. The Morgan fingerprint density at radius 3 is 2.20 bits per heavy atom. The minimum atomic E-state index is -0.961. The van der Waals surface area contributed by atoms with Crippen molar-refractivity contribution in [3.05, 3.63) is 0 Å². The summed E-state index contributed by atoms with van der Waals surface area (Å²) < 4.78 is 0. The molecule has 1 unspecified atom stereocenters. The van der Waals surface area contributed by atoms with Gasteiger partial charge in [-0.25, -0.2) is 0 Å². The zero-order valence-electron chi connectivity index (χ0n) is 9.43. The molecule has 0 heterocycles. The summed E-state index contributed by atoms with van der Waals surface area (Å²) in [6, 6.07) is 0. The number of unbranched alkanes of at least 4 members (excludes halogenated alkanes) is 3. The molecule has 0 radical (unpaired) electrons. The van der Waals surface area contributed by atoms with Gasteiger partial charge in [0, 0.05) is 0 Å². The molecule has 90 valence electrons. The van der Waals surface area contributed by atoms with E-state index in [-0.39, 0.29) is 0 Å². The van der Waals surface area contributed by atoms with E-state index >= 15 is 0 Å². The van der Waals surface area contributed by atoms with E-state index < -0.39 is 16.2 Å². The van der Waals surface area contributed by atoms with Crippen molar-refractivity contribution in [1.29, 1.82) is 0 Å². The van der Waals surface area contributed by atoms with Crippen molar-refractivity contribution in [3.8, 4) is 0 Å². The molecule has 0 saturated carbocycles. The van der Waals surface area contributed by atoms with Crippen molar-refractivity contribution in [2.45, 2.75) is 57.2 Å². The lowest BCUT2D eigenvalue weighted by Gasteiger charge is -2.29. The van der Waals surface area contributed by atoms with Gasteiger partial charge < -0.3 is 5.11 Å². The number of aliphatic carboxylic acids is 1. The van der Waals surface area contributed by atoms with Crippen LogP contribution in [0.5, 0.6) is 0 Å². The van der Waals surface area contributed by atoms with E-state index in [9.17, 15) is 9.90 Å². The van der Waals surface area contributed by atoms with Crippen molar-refractivity contribution in [2.24, 2.45) is 5.41 Å². The molecule has 0 aliphatic heterocycles. The van der Waals surface area contributed by atoms with Gasteiger partial charge in [-0.3, -0.25) is 4.79 Å². The molecule has 0 amide bonds. The Bertz CT molecular complexity index is 195. The van der Waals surface area contributed by atoms with Crippen molar-refractivity contribution in [1.82, 2.24) is 0 Å². The van der Waals surface area contributed by atoms with Crippen LogP contribution >= 0.6 is 23.2 Å². The number of halogens is 2. The minimum Gasteiger partial charge on any atom is -0.481 e. The van der Waals surface area contributed by atoms with Crippen molar-refractivity contribution in [2.75, 3.05) is 0 Å². The maximum Gasteiger partial charge on any atom is 0.312 e. The van der Waals surface area contributed by atoms with Crippen LogP contribution in [0.3, 0.4) is 0 Å². The standard InChI is InChI=1S/C11H20Cl2O2/c1-3-5-6-7-8-11(4-2,9(12)13)10(14)15/h9H,3-8H2,1-2H3,(H,14,15). The molecule has 0 aliphatic rings. The molecule has 0 aliphatic carbocycles. The molecule has 0 bridgehead atoms. The van der Waals surface area contributed by atoms with E-state index in [1.165, 1.54) is 0 Å². The Kier molecular flexibility index (Phi) is 7.37. The maximum atomic E-state index is 11.2. The van der Waals surface area contributed by atoms with Gasteiger partial charge in [0.1, 0.15) is 4.84 Å². The highest BCUT2D eigenvalue weighted by Crippen LogP contribution is 2.38. The van der Waals surface area contributed by atoms with Gasteiger partial charge in [0.2, 0.25) is 0 Å². The second-order valence-corrected chi connectivity index (χ2v) is 5.02. The lowest BCUT2D eigenvalue weighted by atomic mass is 9.81. The van der Waals surface area contributed by atoms with Crippen LogP contribution in [-0.4, -0.2) is 15.9 Å². The zero-order chi connectivity index (χ0) is 11.9. The molecule has 2 nitrogen and oxygen atoms in total. The molecule has 0 aromatic rings. The normalized spacial score (nSPS) is 15.3. The second kappa shape index (κ2) is 7.34. The number of hydrogen-bond donors (Lipinski definition) is 1. The van der Waals surface area contributed by atoms with Gasteiger partial charge in [-0.1, -0.05) is 39.5 Å². The number of carboxylic acid groups (broad SMARTS) is 1. The van der Waals surface area contributed by atoms with E-state index in [0.717, 1.165) is 25.7 Å². The van der Waals surface area contributed by atoms with Crippen molar-refractivity contribution in [3.63, 3.8) is 0 Å². The van der Waals surface area contributed by atoms with Crippen molar-refractivity contribution >= 4 is 29.2 Å². The number of rotatable bonds is 8. The number of carbonyl (C=O) groups is 1. The Hall–Kier alpha value is 0.0500. The van der Waals surface area contributed by atoms with E-state index in [4.69, 9.17) is 23.2 Å². The molecule has 0 aromatic carbocycles. The van der Waals surface area contributed by atoms with Crippen LogP contribution in [0.25, 0.3) is 0 Å². The average Bonchev–Trinajstić information content (AvgIpc) is 2.17. The maximum absolute atomic E-state index is 11.2. The third kappa shape index (κ3) is 4.20. The Morgan fingerprint density at radius 1 is 1.27 bits per heavy atom. The summed E-state index contributed by atoms with van der Waals surface area (Å²) in [7, 11) is 0. The molecule has 1 N–H and O–H groups in total. The largest absolute Gasteiger partial charge is 0.481 e. The molecule has 0 saturated heterocycles. The van der Waals surface area contributed by atoms with E-state index in [1.54, 1.807) is 0 Å². The predicted molar refractivity (Wildman–Crippen MR) is 64.6 cm³/mol. The quantitative estimate of drug-likeness (QED) is 0.520. The molecule has 0 aromatic heterocycles. The number of alkyl halides is 2. The summed E-state index contributed by atoms with van der Waals surface area (Å²) >= 11 is 11.6. The van der Waals surface area contributed by atoms with Gasteiger partial charge in [0.15, 0.2) is 0 Å². The average molecular weight is 255 g/mol. The Balaban J connectivity index is 4.30. The van der Waals surface area contributed by atoms with E-state index in [2.05, 4.69) is 6.92 Å². The molecule has 15 heavy (non-hydrogen) atoms. The van der Waals surface area contributed by atoms with Crippen LogP contribution < -0.4 is 0 Å². The minimum absolute atomic E-state index is 0.478. The molecular weight excluding hydrogens is 235 g/mol. The fourth-order valence-electron chi connectivity index (χ4n) is 1.66. The first-order chi connectivity index (χ1) is 7.01. The molecule has 4 heteroatoms. The van der Waals surface area contributed by atoms with Crippen LogP contribution in [0.15, 0.2) is 0 Å². The summed E-state index contributed by atoms with van der Waals surface area (Å²) in [5.41, 5.74) is -0.961. The first-order valence-corrected chi connectivity index (χ1v) is 6.40. The summed E-state index contributed by atoms with van der Waals surface area (Å²) in [5, 5.41) is 9.18. The van der Waals surface area contributed by atoms with E-state index in [0.29, 0.717) is 12.8 Å². The smallest absolute Gasteiger partial charge is 0.312 e. The molecular formula is C11H20Cl2O2. The number of hydrogen-bond acceptors (Lipinski definition) is 1. The zero-order valence-corrected chi connectivity index (χ0v) is 10.9. The molecule has 0 fully saturated rings. The lowest BCUT2D eigenvalue weighted by molar-refractivity contribution is -0.148. The van der Waals surface area contributed by atoms with Crippen LogP contribution in [-0.2, 0) is 4.79 Å². The van der Waals surface area contributed by atoms with Crippen LogP contribution in [0.4, 0.5) is 0 Å². The summed E-state index contributed by atoms with van der Waals surface area (Å²) in [5.74, 6) is -0.878. The van der Waals surface area contributed by atoms with Crippen LogP contribution in [0.2, 0.25) is 0 Å². The van der Waals surface area contributed by atoms with Gasteiger partial charge in [-0.15, -0.1) is 23.2 Å². The topological polar surface area (TPSA) is 37.3 Å². The Labute approximate surface area is 102 Å². The molecule has 0 rings (SSSR count). The third-order valence-electron chi connectivity index (χ3n) is 2.95. The van der Waals surface area contributed by atoms with Crippen LogP contribution in [0, 0.1) is 5.41 Å². The second-order valence-electron chi connectivity index (χ2n) is 3.93. The van der Waals surface area contributed by atoms with Gasteiger partial charge >= 0.3 is 5.97 Å². The Morgan fingerprint density at radius 2 is 1.87 bits per heavy atom. The highest BCUT2D eigenvalue weighted by Gasteiger charge is 2.42. The molecule has 0 spiro atoms. The third-order valence-corrected chi connectivity index (χ3v) is 3.79. The first kappa shape index (κ1) is 15.0. The summed E-state index contributed by atoms with van der Waals surface area (Å²) in [4.78, 5) is 10.4. The number of carboxylic acids is 1. The van der Waals surface area contributed by atoms with Crippen molar-refractivity contribution < 1.29 is 9.90 Å². The molecule has 1 atom stereocenters. The SMILES string of the molecule is CCCCCCC(CC)(C(=O)O)C(Cl)Cl. The summed E-state index contributed by atoms with van der Waals surface area (Å²) in [6.45, 7) is 3.95. The van der Waals surface area contributed by atoms with Gasteiger partial charge in [-0.2, -0.15) is 0 Å². The highest BCUT2D eigenvalue weighted by molar-refractivity contribution is 6.45. The first-order valence-electron chi connectivity index (χ1n) is 5.52. The predicted octanol–water partition coefficient (Wildman–Crippen LogP) is 4.24. The lowest BCUT2D eigenvalue weighted by Crippen LogP contribution is -2.36. The summed E-state index contributed by atoms with van der Waals surface area (Å²) in [6.07, 6.45) is 5.24. The van der Waals surface area contributed by atoms with Gasteiger partial charge in [0.05, 0.1) is 5.41 Å². The monoisotopic (exact) mass is 254 g/mol. The van der Waals surface area contributed by atoms with Gasteiger partial charge in [-0.05, 0) is 12.8 Å². The van der Waals surface area contributed by atoms with Crippen LogP contribution in [0.1, 0.15) is 52.4 Å². The van der Waals surface area contributed by atoms with E-state index in [1.807, 2.05) is 6.92 Å².